The van der Waals surface area contributed by atoms with Crippen LogP contribution in [0.1, 0.15) is 27.2 Å². The zero-order valence-corrected chi connectivity index (χ0v) is 12.2. The van der Waals surface area contributed by atoms with Crippen LogP contribution in [0.5, 0.6) is 0 Å². The Balaban J connectivity index is 2.01. The van der Waals surface area contributed by atoms with Gasteiger partial charge in [-0.25, -0.2) is 0 Å². The SMILES string of the molecule is Cn1ncc(Br)c1C(=O)c1ccc2c(c1)CNCC2. The van der Waals surface area contributed by atoms with E-state index in [1.165, 1.54) is 11.1 Å². The van der Waals surface area contributed by atoms with E-state index in [2.05, 4.69) is 32.4 Å². The van der Waals surface area contributed by atoms with Crippen LogP contribution in [0.25, 0.3) is 0 Å². The van der Waals surface area contributed by atoms with Crippen LogP contribution < -0.4 is 5.32 Å². The van der Waals surface area contributed by atoms with Crippen molar-refractivity contribution in [2.45, 2.75) is 13.0 Å². The lowest BCUT2D eigenvalue weighted by atomic mass is 9.96. The minimum atomic E-state index is 0.000230. The van der Waals surface area contributed by atoms with E-state index < -0.39 is 0 Å². The number of halogens is 1. The minimum absolute atomic E-state index is 0.000230. The lowest BCUT2D eigenvalue weighted by molar-refractivity contribution is 0.102. The highest BCUT2D eigenvalue weighted by atomic mass is 79.9. The molecule has 0 radical (unpaired) electrons. The molecule has 4 nitrogen and oxygen atoms in total. The standard InChI is InChI=1S/C14H14BrN3O/c1-18-13(12(15)8-17-18)14(19)10-3-2-9-4-5-16-7-11(9)6-10/h2-3,6,8,16H,4-5,7H2,1H3. The molecule has 0 saturated carbocycles. The maximum atomic E-state index is 12.5. The summed E-state index contributed by atoms with van der Waals surface area (Å²) >= 11 is 3.37. The van der Waals surface area contributed by atoms with Crippen LogP contribution in [0, 0.1) is 0 Å². The molecule has 0 fully saturated rings. The number of rotatable bonds is 2. The number of fused-ring (bicyclic) bond motifs is 1. The van der Waals surface area contributed by atoms with E-state index in [0.717, 1.165) is 24.0 Å². The Bertz CT molecular complexity index is 629. The molecule has 19 heavy (non-hydrogen) atoms. The highest BCUT2D eigenvalue weighted by Gasteiger charge is 2.19. The van der Waals surface area contributed by atoms with Gasteiger partial charge in [0.25, 0.3) is 0 Å². The van der Waals surface area contributed by atoms with Crippen molar-refractivity contribution < 1.29 is 4.79 Å². The lowest BCUT2D eigenvalue weighted by Gasteiger charge is -2.17. The summed E-state index contributed by atoms with van der Waals surface area (Å²) in [6, 6.07) is 5.96. The van der Waals surface area contributed by atoms with Gasteiger partial charge in [0, 0.05) is 19.2 Å². The molecule has 0 unspecified atom stereocenters. The third kappa shape index (κ3) is 2.24. The molecule has 1 aromatic heterocycles. The molecule has 1 aliphatic heterocycles. The Morgan fingerprint density at radius 3 is 3.00 bits per heavy atom. The van der Waals surface area contributed by atoms with Gasteiger partial charge >= 0.3 is 0 Å². The zero-order chi connectivity index (χ0) is 13.4. The van der Waals surface area contributed by atoms with Crippen LogP contribution in [0.15, 0.2) is 28.9 Å². The van der Waals surface area contributed by atoms with Gasteiger partial charge in [-0.15, -0.1) is 0 Å². The van der Waals surface area contributed by atoms with Crippen molar-refractivity contribution in [3.8, 4) is 0 Å². The summed E-state index contributed by atoms with van der Waals surface area (Å²) in [4.78, 5) is 12.5. The Morgan fingerprint density at radius 2 is 2.26 bits per heavy atom. The van der Waals surface area contributed by atoms with E-state index in [1.807, 2.05) is 12.1 Å². The average Bonchev–Trinajstić information content (AvgIpc) is 2.77. The molecule has 2 heterocycles. The molecule has 0 atom stereocenters. The minimum Gasteiger partial charge on any atom is -0.312 e. The fourth-order valence-electron chi connectivity index (χ4n) is 2.42. The predicted octanol–water partition coefficient (Wildman–Crippen LogP) is 2.06. The Labute approximate surface area is 119 Å². The van der Waals surface area contributed by atoms with E-state index in [9.17, 15) is 4.79 Å². The van der Waals surface area contributed by atoms with E-state index in [4.69, 9.17) is 0 Å². The Morgan fingerprint density at radius 1 is 1.42 bits per heavy atom. The first-order valence-corrected chi connectivity index (χ1v) is 7.01. The topological polar surface area (TPSA) is 46.9 Å². The fraction of sp³-hybridized carbons (Fsp3) is 0.286. The molecule has 2 aromatic rings. The third-order valence-corrected chi connectivity index (χ3v) is 4.04. The van der Waals surface area contributed by atoms with Crippen molar-refractivity contribution in [2.75, 3.05) is 6.54 Å². The van der Waals surface area contributed by atoms with Gasteiger partial charge in [0.2, 0.25) is 5.78 Å². The quantitative estimate of drug-likeness (QED) is 0.862. The van der Waals surface area contributed by atoms with Gasteiger partial charge in [-0.2, -0.15) is 5.10 Å². The fourth-order valence-corrected chi connectivity index (χ4v) is 2.95. The van der Waals surface area contributed by atoms with Gasteiger partial charge < -0.3 is 5.32 Å². The summed E-state index contributed by atoms with van der Waals surface area (Å²) in [5.74, 6) is 0.000230. The molecule has 1 aromatic carbocycles. The molecule has 1 N–H and O–H groups in total. The maximum Gasteiger partial charge on any atom is 0.212 e. The van der Waals surface area contributed by atoms with Gasteiger partial charge in [-0.05, 0) is 46.1 Å². The first-order valence-electron chi connectivity index (χ1n) is 6.21. The molecule has 1 aliphatic rings. The van der Waals surface area contributed by atoms with Crippen LogP contribution in [0.3, 0.4) is 0 Å². The van der Waals surface area contributed by atoms with Crippen LogP contribution in [0.2, 0.25) is 0 Å². The van der Waals surface area contributed by atoms with Crippen LogP contribution in [-0.4, -0.2) is 22.1 Å². The van der Waals surface area contributed by atoms with Gasteiger partial charge in [0.05, 0.1) is 10.7 Å². The molecule has 0 aliphatic carbocycles. The molecule has 0 saturated heterocycles. The number of carbonyl (C=O) groups excluding carboxylic acids is 1. The monoisotopic (exact) mass is 319 g/mol. The molecule has 0 spiro atoms. The number of aromatic nitrogens is 2. The van der Waals surface area contributed by atoms with Crippen molar-refractivity contribution in [3.63, 3.8) is 0 Å². The van der Waals surface area contributed by atoms with Crippen molar-refractivity contribution in [1.29, 1.82) is 0 Å². The van der Waals surface area contributed by atoms with E-state index in [0.29, 0.717) is 11.3 Å². The first kappa shape index (κ1) is 12.6. The summed E-state index contributed by atoms with van der Waals surface area (Å²) in [7, 11) is 1.78. The van der Waals surface area contributed by atoms with Gasteiger partial charge in [0.1, 0.15) is 5.69 Å². The molecular weight excluding hydrogens is 306 g/mol. The second kappa shape index (κ2) is 4.90. The van der Waals surface area contributed by atoms with Crippen LogP contribution in [-0.2, 0) is 20.0 Å². The van der Waals surface area contributed by atoms with Gasteiger partial charge in [-0.3, -0.25) is 9.48 Å². The predicted molar refractivity (Wildman–Crippen MR) is 76.2 cm³/mol. The molecule has 3 rings (SSSR count). The number of carbonyl (C=O) groups is 1. The maximum absolute atomic E-state index is 12.5. The molecule has 5 heteroatoms. The number of nitrogens with one attached hydrogen (secondary N) is 1. The number of hydrogen-bond donors (Lipinski definition) is 1. The van der Waals surface area contributed by atoms with Crippen LogP contribution >= 0.6 is 15.9 Å². The smallest absolute Gasteiger partial charge is 0.212 e. The van der Waals surface area contributed by atoms with Gasteiger partial charge in [0.15, 0.2) is 0 Å². The summed E-state index contributed by atoms with van der Waals surface area (Å²) in [5, 5.41) is 7.41. The van der Waals surface area contributed by atoms with Crippen molar-refractivity contribution in [1.82, 2.24) is 15.1 Å². The van der Waals surface area contributed by atoms with Crippen molar-refractivity contribution in [2.24, 2.45) is 7.05 Å². The number of benzene rings is 1. The number of ketones is 1. The summed E-state index contributed by atoms with van der Waals surface area (Å²) < 4.78 is 2.33. The number of nitrogens with zero attached hydrogens (tertiary/aromatic N) is 2. The van der Waals surface area contributed by atoms with Crippen molar-refractivity contribution >= 4 is 21.7 Å². The molecule has 0 amide bonds. The highest BCUT2D eigenvalue weighted by molar-refractivity contribution is 9.10. The summed E-state index contributed by atoms with van der Waals surface area (Å²) in [6.07, 6.45) is 2.67. The second-order valence-corrected chi connectivity index (χ2v) is 5.56. The molecule has 98 valence electrons. The largest absolute Gasteiger partial charge is 0.312 e. The summed E-state index contributed by atoms with van der Waals surface area (Å²) in [5.41, 5.74) is 3.85. The second-order valence-electron chi connectivity index (χ2n) is 4.70. The molecule has 0 bridgehead atoms. The number of hydrogen-bond acceptors (Lipinski definition) is 3. The zero-order valence-electron chi connectivity index (χ0n) is 10.6. The van der Waals surface area contributed by atoms with Gasteiger partial charge in [-0.1, -0.05) is 12.1 Å². The summed E-state index contributed by atoms with van der Waals surface area (Å²) in [6.45, 7) is 1.84. The van der Waals surface area contributed by atoms with E-state index in [-0.39, 0.29) is 5.78 Å². The third-order valence-electron chi connectivity index (χ3n) is 3.46. The van der Waals surface area contributed by atoms with E-state index in [1.54, 1.807) is 17.9 Å². The lowest BCUT2D eigenvalue weighted by Crippen LogP contribution is -2.24. The number of aryl methyl sites for hydroxylation is 1. The normalized spacial score (nSPS) is 14.2. The van der Waals surface area contributed by atoms with Crippen molar-refractivity contribution in [3.05, 3.63) is 51.3 Å². The highest BCUT2D eigenvalue weighted by Crippen LogP contribution is 2.22. The molecular formula is C14H14BrN3O. The first-order chi connectivity index (χ1) is 9.16. The van der Waals surface area contributed by atoms with E-state index >= 15 is 0 Å². The van der Waals surface area contributed by atoms with Crippen LogP contribution in [0.4, 0.5) is 0 Å². The Hall–Kier alpha value is -1.46. The Kier molecular flexibility index (Phi) is 3.24. The average molecular weight is 320 g/mol.